The van der Waals surface area contributed by atoms with Crippen molar-refractivity contribution >= 4 is 5.91 Å². The molecular formula is C15H28N2O. The third kappa shape index (κ3) is 3.71. The summed E-state index contributed by atoms with van der Waals surface area (Å²) in [6.07, 6.45) is 10.2. The van der Waals surface area contributed by atoms with Crippen LogP contribution in [-0.2, 0) is 4.79 Å². The van der Waals surface area contributed by atoms with Crippen LogP contribution in [-0.4, -0.2) is 24.0 Å². The van der Waals surface area contributed by atoms with Crippen molar-refractivity contribution in [1.29, 1.82) is 0 Å². The van der Waals surface area contributed by atoms with E-state index in [4.69, 9.17) is 0 Å². The van der Waals surface area contributed by atoms with Gasteiger partial charge in [0, 0.05) is 12.1 Å². The van der Waals surface area contributed by atoms with Crippen molar-refractivity contribution in [2.45, 2.75) is 83.3 Å². The Morgan fingerprint density at radius 3 is 2.17 bits per heavy atom. The summed E-state index contributed by atoms with van der Waals surface area (Å²) in [4.78, 5) is 12.1. The first-order valence-corrected chi connectivity index (χ1v) is 7.73. The minimum Gasteiger partial charge on any atom is -0.352 e. The number of carbonyl (C=O) groups excluding carboxylic acids is 1. The van der Waals surface area contributed by atoms with Crippen molar-refractivity contribution in [2.24, 2.45) is 5.92 Å². The molecule has 0 radical (unpaired) electrons. The number of rotatable bonds is 5. The Bertz CT molecular complexity index is 268. The lowest BCUT2D eigenvalue weighted by molar-refractivity contribution is -0.123. The third-order valence-corrected chi connectivity index (χ3v) is 4.71. The Morgan fingerprint density at radius 1 is 1.00 bits per heavy atom. The van der Waals surface area contributed by atoms with E-state index >= 15 is 0 Å². The molecule has 0 aromatic carbocycles. The number of nitrogens with one attached hydrogen (secondary N) is 2. The molecule has 0 bridgehead atoms. The topological polar surface area (TPSA) is 41.1 Å². The van der Waals surface area contributed by atoms with Crippen molar-refractivity contribution in [3.05, 3.63) is 0 Å². The Morgan fingerprint density at radius 2 is 1.56 bits per heavy atom. The molecule has 1 unspecified atom stereocenters. The average Bonchev–Trinajstić information content (AvgIpc) is 3.01. The molecular weight excluding hydrogens is 224 g/mol. The maximum atomic E-state index is 12.1. The minimum absolute atomic E-state index is 0.0544. The molecule has 2 rings (SSSR count). The number of hydrogen-bond donors (Lipinski definition) is 2. The lowest BCUT2D eigenvalue weighted by atomic mass is 9.99. The van der Waals surface area contributed by atoms with E-state index in [9.17, 15) is 4.79 Å². The molecule has 2 aliphatic carbocycles. The van der Waals surface area contributed by atoms with Crippen LogP contribution in [0.1, 0.15) is 65.2 Å². The van der Waals surface area contributed by atoms with Crippen molar-refractivity contribution in [3.63, 3.8) is 0 Å². The summed E-state index contributed by atoms with van der Waals surface area (Å²) in [6, 6.07) is 0.849. The van der Waals surface area contributed by atoms with Gasteiger partial charge in [-0.05, 0) is 45.4 Å². The second-order valence-corrected chi connectivity index (χ2v) is 6.21. The number of carbonyl (C=O) groups is 1. The van der Waals surface area contributed by atoms with Crippen molar-refractivity contribution in [3.8, 4) is 0 Å². The van der Waals surface area contributed by atoms with E-state index in [1.54, 1.807) is 0 Å². The minimum atomic E-state index is -0.0544. The van der Waals surface area contributed by atoms with Crippen LogP contribution in [0.4, 0.5) is 0 Å². The SMILES string of the molecule is CC(N[C@@H](C)C1CCCC1)C(=O)NC1CCCC1. The fraction of sp³-hybridized carbons (Fsp3) is 0.933. The smallest absolute Gasteiger partial charge is 0.237 e. The zero-order valence-corrected chi connectivity index (χ0v) is 11.9. The normalized spacial score (nSPS) is 25.2. The number of amides is 1. The van der Waals surface area contributed by atoms with Gasteiger partial charge in [-0.2, -0.15) is 0 Å². The molecule has 0 aromatic rings. The third-order valence-electron chi connectivity index (χ3n) is 4.71. The van der Waals surface area contributed by atoms with E-state index in [1.807, 2.05) is 6.92 Å². The van der Waals surface area contributed by atoms with Crippen LogP contribution in [0.5, 0.6) is 0 Å². The van der Waals surface area contributed by atoms with Gasteiger partial charge in [0.2, 0.25) is 5.91 Å². The highest BCUT2D eigenvalue weighted by molar-refractivity contribution is 5.81. The molecule has 0 aromatic heterocycles. The van der Waals surface area contributed by atoms with Gasteiger partial charge in [0.25, 0.3) is 0 Å². The summed E-state index contributed by atoms with van der Waals surface area (Å²) < 4.78 is 0. The molecule has 2 atom stereocenters. The first kappa shape index (κ1) is 13.9. The molecule has 0 heterocycles. The predicted octanol–water partition coefficient (Wildman–Crippen LogP) is 2.60. The van der Waals surface area contributed by atoms with E-state index in [0.29, 0.717) is 12.1 Å². The van der Waals surface area contributed by atoms with Crippen LogP contribution in [0.25, 0.3) is 0 Å². The van der Waals surface area contributed by atoms with E-state index in [2.05, 4.69) is 17.6 Å². The Labute approximate surface area is 111 Å². The summed E-state index contributed by atoms with van der Waals surface area (Å²) in [5.74, 6) is 0.957. The number of hydrogen-bond acceptors (Lipinski definition) is 2. The monoisotopic (exact) mass is 252 g/mol. The summed E-state index contributed by atoms with van der Waals surface area (Å²) in [5, 5.41) is 6.66. The average molecular weight is 252 g/mol. The van der Waals surface area contributed by atoms with Gasteiger partial charge in [0.05, 0.1) is 6.04 Å². The van der Waals surface area contributed by atoms with Gasteiger partial charge in [0.15, 0.2) is 0 Å². The van der Waals surface area contributed by atoms with Crippen LogP contribution < -0.4 is 10.6 Å². The van der Waals surface area contributed by atoms with E-state index in [1.165, 1.54) is 38.5 Å². The second kappa shape index (κ2) is 6.55. The second-order valence-electron chi connectivity index (χ2n) is 6.21. The molecule has 2 saturated carbocycles. The van der Waals surface area contributed by atoms with Gasteiger partial charge in [-0.25, -0.2) is 0 Å². The highest BCUT2D eigenvalue weighted by atomic mass is 16.2. The fourth-order valence-electron chi connectivity index (χ4n) is 3.46. The summed E-state index contributed by atoms with van der Waals surface area (Å²) in [6.45, 7) is 4.23. The molecule has 0 saturated heterocycles. The molecule has 2 fully saturated rings. The zero-order valence-electron chi connectivity index (χ0n) is 11.9. The van der Waals surface area contributed by atoms with Gasteiger partial charge < -0.3 is 10.6 Å². The summed E-state index contributed by atoms with van der Waals surface area (Å²) in [5.41, 5.74) is 0. The van der Waals surface area contributed by atoms with Gasteiger partial charge in [0.1, 0.15) is 0 Å². The Kier molecular flexibility index (Phi) is 5.04. The van der Waals surface area contributed by atoms with E-state index in [-0.39, 0.29) is 11.9 Å². The Hall–Kier alpha value is -0.570. The van der Waals surface area contributed by atoms with E-state index in [0.717, 1.165) is 18.8 Å². The van der Waals surface area contributed by atoms with Crippen molar-refractivity contribution < 1.29 is 4.79 Å². The zero-order chi connectivity index (χ0) is 13.0. The van der Waals surface area contributed by atoms with Crippen LogP contribution in [0.2, 0.25) is 0 Å². The maximum Gasteiger partial charge on any atom is 0.237 e. The fourth-order valence-corrected chi connectivity index (χ4v) is 3.46. The molecule has 18 heavy (non-hydrogen) atoms. The van der Waals surface area contributed by atoms with Crippen molar-refractivity contribution in [2.75, 3.05) is 0 Å². The lowest BCUT2D eigenvalue weighted by Crippen LogP contribution is -2.49. The van der Waals surface area contributed by atoms with Crippen LogP contribution in [0.15, 0.2) is 0 Å². The quantitative estimate of drug-likeness (QED) is 0.789. The van der Waals surface area contributed by atoms with E-state index < -0.39 is 0 Å². The molecule has 0 aliphatic heterocycles. The lowest BCUT2D eigenvalue weighted by Gasteiger charge is -2.25. The summed E-state index contributed by atoms with van der Waals surface area (Å²) >= 11 is 0. The molecule has 104 valence electrons. The van der Waals surface area contributed by atoms with Gasteiger partial charge in [-0.3, -0.25) is 4.79 Å². The molecule has 3 heteroatoms. The largest absolute Gasteiger partial charge is 0.352 e. The molecule has 3 nitrogen and oxygen atoms in total. The van der Waals surface area contributed by atoms with Gasteiger partial charge >= 0.3 is 0 Å². The standard InChI is InChI=1S/C15H28N2O/c1-11(13-7-3-4-8-13)16-12(2)15(18)17-14-9-5-6-10-14/h11-14,16H,3-10H2,1-2H3,(H,17,18)/t11-,12?/m0/s1. The predicted molar refractivity (Wildman–Crippen MR) is 74.4 cm³/mol. The van der Waals surface area contributed by atoms with Crippen LogP contribution in [0, 0.1) is 5.92 Å². The highest BCUT2D eigenvalue weighted by Crippen LogP contribution is 2.27. The Balaban J connectivity index is 1.71. The molecule has 2 N–H and O–H groups in total. The highest BCUT2D eigenvalue weighted by Gasteiger charge is 2.25. The maximum absolute atomic E-state index is 12.1. The van der Waals surface area contributed by atoms with Gasteiger partial charge in [-0.1, -0.05) is 25.7 Å². The first-order chi connectivity index (χ1) is 8.66. The van der Waals surface area contributed by atoms with Crippen LogP contribution in [0.3, 0.4) is 0 Å². The van der Waals surface area contributed by atoms with Crippen molar-refractivity contribution in [1.82, 2.24) is 10.6 Å². The summed E-state index contributed by atoms with van der Waals surface area (Å²) in [7, 11) is 0. The van der Waals surface area contributed by atoms with Gasteiger partial charge in [-0.15, -0.1) is 0 Å². The van der Waals surface area contributed by atoms with Crippen LogP contribution >= 0.6 is 0 Å². The first-order valence-electron chi connectivity index (χ1n) is 7.73. The molecule has 1 amide bonds. The molecule has 2 aliphatic rings. The molecule has 0 spiro atoms.